The summed E-state index contributed by atoms with van der Waals surface area (Å²) in [4.78, 5) is 10.8. The van der Waals surface area contributed by atoms with E-state index >= 15 is 0 Å². The standard InChI is InChI=1S/C11H19IO2/c1-4-5-6-11(14-10(3)13)8-7-9(2)12/h11H,2,4-8H2,1,3H3. The highest BCUT2D eigenvalue weighted by Crippen LogP contribution is 2.17. The fraction of sp³-hybridized carbons (Fsp3) is 0.727. The fourth-order valence-electron chi connectivity index (χ4n) is 1.25. The molecule has 0 aromatic carbocycles. The first kappa shape index (κ1) is 13.9. The van der Waals surface area contributed by atoms with Crippen molar-refractivity contribution in [3.8, 4) is 0 Å². The Kier molecular flexibility index (Phi) is 8.23. The van der Waals surface area contributed by atoms with Crippen LogP contribution in [0.15, 0.2) is 10.2 Å². The van der Waals surface area contributed by atoms with Gasteiger partial charge in [-0.1, -0.05) is 26.3 Å². The molecule has 0 saturated carbocycles. The lowest BCUT2D eigenvalue weighted by atomic mass is 10.1. The van der Waals surface area contributed by atoms with Gasteiger partial charge in [0.2, 0.25) is 0 Å². The second kappa shape index (κ2) is 8.26. The predicted molar refractivity (Wildman–Crippen MR) is 67.5 cm³/mol. The van der Waals surface area contributed by atoms with E-state index in [9.17, 15) is 4.79 Å². The summed E-state index contributed by atoms with van der Waals surface area (Å²) in [6.45, 7) is 7.44. The molecule has 2 nitrogen and oxygen atoms in total. The van der Waals surface area contributed by atoms with E-state index in [1.807, 2.05) is 0 Å². The van der Waals surface area contributed by atoms with Crippen LogP contribution in [0.1, 0.15) is 46.0 Å². The van der Waals surface area contributed by atoms with Crippen molar-refractivity contribution in [3.05, 3.63) is 10.2 Å². The minimum atomic E-state index is -0.176. The van der Waals surface area contributed by atoms with E-state index in [4.69, 9.17) is 4.74 Å². The summed E-state index contributed by atoms with van der Waals surface area (Å²) in [6.07, 6.45) is 5.15. The Bertz CT molecular complexity index is 190. The highest BCUT2D eigenvalue weighted by Gasteiger charge is 2.11. The van der Waals surface area contributed by atoms with Gasteiger partial charge in [0.05, 0.1) is 0 Å². The molecule has 82 valence electrons. The molecular weight excluding hydrogens is 291 g/mol. The van der Waals surface area contributed by atoms with Gasteiger partial charge in [-0.15, -0.1) is 0 Å². The van der Waals surface area contributed by atoms with Crippen molar-refractivity contribution in [2.75, 3.05) is 0 Å². The third-order valence-electron chi connectivity index (χ3n) is 1.95. The van der Waals surface area contributed by atoms with Gasteiger partial charge in [0.1, 0.15) is 6.10 Å². The van der Waals surface area contributed by atoms with Gasteiger partial charge in [-0.3, -0.25) is 4.79 Å². The molecule has 0 bridgehead atoms. The number of allylic oxidation sites excluding steroid dienone is 1. The van der Waals surface area contributed by atoms with Crippen molar-refractivity contribution in [1.82, 2.24) is 0 Å². The summed E-state index contributed by atoms with van der Waals surface area (Å²) in [6, 6.07) is 0. The molecule has 1 atom stereocenters. The zero-order valence-electron chi connectivity index (χ0n) is 9.01. The first-order valence-corrected chi connectivity index (χ1v) is 6.14. The van der Waals surface area contributed by atoms with E-state index in [-0.39, 0.29) is 12.1 Å². The number of esters is 1. The van der Waals surface area contributed by atoms with Crippen LogP contribution in [0, 0.1) is 0 Å². The molecule has 0 aromatic heterocycles. The number of halogens is 1. The third-order valence-corrected chi connectivity index (χ3v) is 2.49. The molecule has 0 heterocycles. The lowest BCUT2D eigenvalue weighted by Gasteiger charge is -2.16. The maximum Gasteiger partial charge on any atom is 0.302 e. The van der Waals surface area contributed by atoms with E-state index in [2.05, 4.69) is 36.1 Å². The summed E-state index contributed by atoms with van der Waals surface area (Å²) < 4.78 is 6.34. The number of hydrogen-bond donors (Lipinski definition) is 0. The Hall–Kier alpha value is -0.0600. The van der Waals surface area contributed by atoms with Gasteiger partial charge in [0.25, 0.3) is 0 Å². The van der Waals surface area contributed by atoms with E-state index in [1.54, 1.807) is 0 Å². The minimum absolute atomic E-state index is 0.0824. The van der Waals surface area contributed by atoms with Gasteiger partial charge in [-0.05, 0) is 45.4 Å². The van der Waals surface area contributed by atoms with Crippen LogP contribution in [0.4, 0.5) is 0 Å². The minimum Gasteiger partial charge on any atom is -0.463 e. The molecule has 0 N–H and O–H groups in total. The molecule has 0 spiro atoms. The summed E-state index contributed by atoms with van der Waals surface area (Å²) >= 11 is 2.21. The van der Waals surface area contributed by atoms with Crippen molar-refractivity contribution >= 4 is 28.6 Å². The van der Waals surface area contributed by atoms with E-state index in [0.717, 1.165) is 35.7 Å². The second-order valence-corrected chi connectivity index (χ2v) is 4.96. The van der Waals surface area contributed by atoms with Crippen molar-refractivity contribution < 1.29 is 9.53 Å². The molecule has 0 aliphatic carbocycles. The van der Waals surface area contributed by atoms with Gasteiger partial charge in [0, 0.05) is 6.92 Å². The van der Waals surface area contributed by atoms with Crippen LogP contribution in [0.3, 0.4) is 0 Å². The Morgan fingerprint density at radius 3 is 2.57 bits per heavy atom. The first-order chi connectivity index (χ1) is 6.56. The predicted octanol–water partition coefficient (Wildman–Crippen LogP) is 3.84. The van der Waals surface area contributed by atoms with Gasteiger partial charge in [-0.25, -0.2) is 0 Å². The molecule has 1 unspecified atom stereocenters. The molecule has 0 aliphatic heterocycles. The Balaban J connectivity index is 3.83. The summed E-state index contributed by atoms with van der Waals surface area (Å²) in [5, 5.41) is 0. The molecule has 0 rings (SSSR count). The zero-order chi connectivity index (χ0) is 11.0. The largest absolute Gasteiger partial charge is 0.463 e. The van der Waals surface area contributed by atoms with Crippen LogP contribution in [-0.4, -0.2) is 12.1 Å². The maximum atomic E-state index is 10.8. The van der Waals surface area contributed by atoms with E-state index in [0.29, 0.717) is 0 Å². The molecule has 0 saturated heterocycles. The lowest BCUT2D eigenvalue weighted by Crippen LogP contribution is -2.16. The lowest BCUT2D eigenvalue weighted by molar-refractivity contribution is -0.146. The summed E-state index contributed by atoms with van der Waals surface area (Å²) in [7, 11) is 0. The van der Waals surface area contributed by atoms with Crippen molar-refractivity contribution in [2.45, 2.75) is 52.1 Å². The summed E-state index contributed by atoms with van der Waals surface area (Å²) in [5.74, 6) is -0.176. The topological polar surface area (TPSA) is 26.3 Å². The van der Waals surface area contributed by atoms with Crippen LogP contribution in [0.5, 0.6) is 0 Å². The summed E-state index contributed by atoms with van der Waals surface area (Å²) in [5.41, 5.74) is 0. The SMILES string of the molecule is C=C(I)CCC(CCCC)OC(C)=O. The highest BCUT2D eigenvalue weighted by atomic mass is 127. The molecule has 3 heteroatoms. The van der Waals surface area contributed by atoms with Crippen LogP contribution < -0.4 is 0 Å². The zero-order valence-corrected chi connectivity index (χ0v) is 11.2. The van der Waals surface area contributed by atoms with Crippen molar-refractivity contribution in [2.24, 2.45) is 0 Å². The molecule has 0 fully saturated rings. The molecular formula is C11H19IO2. The van der Waals surface area contributed by atoms with Crippen LogP contribution in [0.25, 0.3) is 0 Å². The molecule has 0 radical (unpaired) electrons. The number of hydrogen-bond acceptors (Lipinski definition) is 2. The van der Waals surface area contributed by atoms with E-state index in [1.165, 1.54) is 6.92 Å². The van der Waals surface area contributed by atoms with E-state index < -0.39 is 0 Å². The van der Waals surface area contributed by atoms with Crippen LogP contribution in [-0.2, 0) is 9.53 Å². The first-order valence-electron chi connectivity index (χ1n) is 5.06. The Morgan fingerprint density at radius 2 is 2.14 bits per heavy atom. The molecule has 0 amide bonds. The smallest absolute Gasteiger partial charge is 0.302 e. The van der Waals surface area contributed by atoms with Gasteiger partial charge in [-0.2, -0.15) is 0 Å². The quantitative estimate of drug-likeness (QED) is 0.527. The van der Waals surface area contributed by atoms with Crippen LogP contribution in [0.2, 0.25) is 0 Å². The van der Waals surface area contributed by atoms with Gasteiger partial charge in [0.15, 0.2) is 0 Å². The second-order valence-electron chi connectivity index (χ2n) is 3.43. The Labute approximate surface area is 100 Å². The number of ether oxygens (including phenoxy) is 1. The molecule has 14 heavy (non-hydrogen) atoms. The fourth-order valence-corrected chi connectivity index (χ4v) is 1.56. The van der Waals surface area contributed by atoms with Crippen LogP contribution >= 0.6 is 22.6 Å². The van der Waals surface area contributed by atoms with Crippen molar-refractivity contribution in [3.63, 3.8) is 0 Å². The maximum absolute atomic E-state index is 10.8. The molecule has 0 aliphatic rings. The van der Waals surface area contributed by atoms with Crippen molar-refractivity contribution in [1.29, 1.82) is 0 Å². The average molecular weight is 310 g/mol. The number of carbonyl (C=O) groups is 1. The molecule has 0 aromatic rings. The highest BCUT2D eigenvalue weighted by molar-refractivity contribution is 14.1. The normalized spacial score (nSPS) is 12.2. The monoisotopic (exact) mass is 310 g/mol. The Morgan fingerprint density at radius 1 is 1.50 bits per heavy atom. The van der Waals surface area contributed by atoms with Gasteiger partial charge >= 0.3 is 5.97 Å². The third kappa shape index (κ3) is 8.53. The number of carbonyl (C=O) groups excluding carboxylic acids is 1. The van der Waals surface area contributed by atoms with Gasteiger partial charge < -0.3 is 4.74 Å². The number of rotatable bonds is 7. The average Bonchev–Trinajstić information content (AvgIpc) is 2.09. The number of unbranched alkanes of at least 4 members (excludes halogenated alkanes) is 1.